The van der Waals surface area contributed by atoms with Gasteiger partial charge >= 0.3 is 11.9 Å². The number of aromatic nitrogens is 2. The van der Waals surface area contributed by atoms with Crippen LogP contribution in [0.25, 0.3) is 5.69 Å². The van der Waals surface area contributed by atoms with E-state index in [2.05, 4.69) is 5.32 Å². The minimum absolute atomic E-state index is 0.0506. The summed E-state index contributed by atoms with van der Waals surface area (Å²) in [5.74, 6) is -3.22. The van der Waals surface area contributed by atoms with Gasteiger partial charge in [0.2, 0.25) is 21.5 Å². The monoisotopic (exact) mass is 537 g/mol. The van der Waals surface area contributed by atoms with Gasteiger partial charge in [-0.3, -0.25) is 19.4 Å². The number of alkyl halides is 3. The molecule has 11 nitrogen and oxygen atoms in total. The summed E-state index contributed by atoms with van der Waals surface area (Å²) in [5.41, 5.74) is -7.53. The van der Waals surface area contributed by atoms with E-state index in [1.54, 1.807) is 24.0 Å². The second-order valence-electron chi connectivity index (χ2n) is 8.12. The van der Waals surface area contributed by atoms with Gasteiger partial charge in [0.25, 0.3) is 11.5 Å². The number of anilines is 2. The van der Waals surface area contributed by atoms with Crippen LogP contribution in [-0.4, -0.2) is 36.0 Å². The van der Waals surface area contributed by atoms with Crippen molar-refractivity contribution in [2.75, 3.05) is 10.6 Å². The highest BCUT2D eigenvalue weighted by atomic mass is 32.2. The lowest BCUT2D eigenvalue weighted by molar-refractivity contribution is -0.194. The minimum atomic E-state index is -5.66. The average molecular weight is 537 g/mol. The molecule has 0 bridgehead atoms. The fourth-order valence-corrected chi connectivity index (χ4v) is 5.29. The lowest BCUT2D eigenvalue weighted by atomic mass is 9.93. The Bertz CT molecular complexity index is 1660. The summed E-state index contributed by atoms with van der Waals surface area (Å²) in [6.45, 7) is 2.74. The van der Waals surface area contributed by atoms with Crippen LogP contribution >= 0.6 is 0 Å². The average Bonchev–Trinajstić information content (AvgIpc) is 3.07. The number of hydrogen-bond acceptors (Lipinski definition) is 6. The highest BCUT2D eigenvalue weighted by Crippen LogP contribution is 2.46. The molecule has 3 aromatic rings. The first-order chi connectivity index (χ1) is 17.2. The van der Waals surface area contributed by atoms with Crippen molar-refractivity contribution in [2.24, 2.45) is 0 Å². The number of nitrogens with one attached hydrogen (secondary N) is 4. The van der Waals surface area contributed by atoms with Gasteiger partial charge < -0.3 is 10.6 Å². The highest BCUT2D eigenvalue weighted by molar-refractivity contribution is 7.89. The second-order valence-corrected chi connectivity index (χ2v) is 9.80. The largest absolute Gasteiger partial charge is 0.421 e. The van der Waals surface area contributed by atoms with E-state index in [0.717, 1.165) is 24.3 Å². The summed E-state index contributed by atoms with van der Waals surface area (Å²) in [5, 5.41) is 4.26. The molecule has 0 radical (unpaired) electrons. The molecule has 4 rings (SSSR count). The molecule has 15 heteroatoms. The van der Waals surface area contributed by atoms with Gasteiger partial charge in [0.15, 0.2) is 0 Å². The molecule has 37 heavy (non-hydrogen) atoms. The number of H-pyrrole nitrogens is 1. The Morgan fingerprint density at radius 2 is 1.65 bits per heavy atom. The lowest BCUT2D eigenvalue weighted by Gasteiger charge is -2.29. The van der Waals surface area contributed by atoms with Crippen molar-refractivity contribution >= 4 is 33.3 Å². The molecule has 1 unspecified atom stereocenters. The van der Waals surface area contributed by atoms with Gasteiger partial charge in [-0.25, -0.2) is 17.8 Å². The molecular weight excluding hydrogens is 519 g/mol. The van der Waals surface area contributed by atoms with E-state index in [4.69, 9.17) is 0 Å². The van der Waals surface area contributed by atoms with E-state index in [-0.39, 0.29) is 11.4 Å². The molecule has 1 aliphatic heterocycles. The second kappa shape index (κ2) is 8.70. The molecule has 0 fully saturated rings. The zero-order chi connectivity index (χ0) is 27.3. The number of aromatic amines is 1. The zero-order valence-electron chi connectivity index (χ0n) is 19.1. The van der Waals surface area contributed by atoms with Gasteiger partial charge in [-0.2, -0.15) is 17.9 Å². The van der Waals surface area contributed by atoms with Crippen LogP contribution in [0.15, 0.2) is 63.0 Å². The summed E-state index contributed by atoms with van der Waals surface area (Å²) in [6.07, 6.45) is -5.66. The Morgan fingerprint density at radius 1 is 1.03 bits per heavy atom. The normalized spacial score (nSPS) is 17.3. The maximum Gasteiger partial charge on any atom is 0.421 e. The van der Waals surface area contributed by atoms with Crippen LogP contribution in [0.4, 0.5) is 24.7 Å². The van der Waals surface area contributed by atoms with Crippen molar-refractivity contribution in [1.29, 1.82) is 0 Å². The third-order valence-electron chi connectivity index (χ3n) is 5.61. The fourth-order valence-electron chi connectivity index (χ4n) is 3.97. The molecule has 2 amide bonds. The van der Waals surface area contributed by atoms with Gasteiger partial charge in [-0.1, -0.05) is 18.2 Å². The van der Waals surface area contributed by atoms with Gasteiger partial charge in [-0.15, -0.1) is 0 Å². The molecule has 0 saturated heterocycles. The van der Waals surface area contributed by atoms with E-state index in [1.165, 1.54) is 23.8 Å². The minimum Gasteiger partial charge on any atom is -0.326 e. The van der Waals surface area contributed by atoms with Crippen molar-refractivity contribution in [3.8, 4) is 5.69 Å². The third-order valence-corrected chi connectivity index (χ3v) is 7.08. The Balaban J connectivity index is 1.94. The standard InChI is InChI=1S/C22H18F3N5O6S/c1-11-5-3-4-6-15(11)30-17-16(18(32)28-20(30)34)21(19(33)27-17,22(23,24)25)29-37(35,36)14-9-7-13(8-10-14)26-12(2)31/h3-10,29H,1-2H3,(H,26,31)(H,27,33)(H,28,32,34). The lowest BCUT2D eigenvalue weighted by Crippen LogP contribution is -2.61. The number of amides is 2. The Morgan fingerprint density at radius 3 is 2.22 bits per heavy atom. The van der Waals surface area contributed by atoms with E-state index in [0.29, 0.717) is 10.1 Å². The van der Waals surface area contributed by atoms with Crippen molar-refractivity contribution in [2.45, 2.75) is 30.5 Å². The number of hydrogen-bond donors (Lipinski definition) is 4. The molecule has 2 aromatic carbocycles. The number of nitrogens with zero attached hydrogens (tertiary/aromatic N) is 1. The number of rotatable bonds is 5. The van der Waals surface area contributed by atoms with Gasteiger partial charge in [0.1, 0.15) is 5.82 Å². The summed E-state index contributed by atoms with van der Waals surface area (Å²) in [7, 11) is -5.10. The maximum atomic E-state index is 14.6. The number of aryl methyl sites for hydroxylation is 1. The first-order valence-corrected chi connectivity index (χ1v) is 11.9. The van der Waals surface area contributed by atoms with Crippen molar-refractivity contribution < 1.29 is 31.2 Å². The number of fused-ring (bicyclic) bond motifs is 1. The topological polar surface area (TPSA) is 159 Å². The summed E-state index contributed by atoms with van der Waals surface area (Å²) in [6, 6.07) is 10.1. The first kappa shape index (κ1) is 25.8. The van der Waals surface area contributed by atoms with Gasteiger partial charge in [-0.05, 0) is 42.8 Å². The molecular formula is C22H18F3N5O6S. The SMILES string of the molecule is CC(=O)Nc1ccc(S(=O)(=O)NC2(C(F)(F)F)C(=O)Nc3c2c(=O)[nH]c(=O)n3-c2ccccc2C)cc1. The van der Waals surface area contributed by atoms with E-state index in [1.807, 2.05) is 5.32 Å². The molecule has 1 atom stereocenters. The molecule has 4 N–H and O–H groups in total. The molecule has 0 spiro atoms. The number of carbonyl (C=O) groups excluding carboxylic acids is 2. The summed E-state index contributed by atoms with van der Waals surface area (Å²) < 4.78 is 72.0. The predicted octanol–water partition coefficient (Wildman–Crippen LogP) is 1.48. The van der Waals surface area contributed by atoms with Crippen LogP contribution in [0.3, 0.4) is 0 Å². The van der Waals surface area contributed by atoms with Crippen LogP contribution in [0.1, 0.15) is 18.1 Å². The third kappa shape index (κ3) is 4.21. The van der Waals surface area contributed by atoms with Crippen LogP contribution < -0.4 is 26.6 Å². The van der Waals surface area contributed by atoms with Gasteiger partial charge in [0.05, 0.1) is 16.1 Å². The smallest absolute Gasteiger partial charge is 0.326 e. The van der Waals surface area contributed by atoms with Crippen LogP contribution in [0.2, 0.25) is 0 Å². The maximum absolute atomic E-state index is 14.6. The van der Waals surface area contributed by atoms with E-state index in [9.17, 15) is 40.8 Å². The van der Waals surface area contributed by atoms with Gasteiger partial charge in [0, 0.05) is 12.6 Å². The summed E-state index contributed by atoms with van der Waals surface area (Å²) >= 11 is 0. The molecule has 2 heterocycles. The van der Waals surface area contributed by atoms with Crippen LogP contribution in [-0.2, 0) is 25.2 Å². The predicted molar refractivity (Wildman–Crippen MR) is 125 cm³/mol. The Kier molecular flexibility index (Phi) is 6.08. The van der Waals surface area contributed by atoms with Crippen LogP contribution in [0.5, 0.6) is 0 Å². The number of halogens is 3. The highest BCUT2D eigenvalue weighted by Gasteiger charge is 2.69. The molecule has 1 aliphatic rings. The summed E-state index contributed by atoms with van der Waals surface area (Å²) in [4.78, 5) is 50.6. The van der Waals surface area contributed by atoms with E-state index < -0.39 is 61.1 Å². The van der Waals surface area contributed by atoms with Crippen molar-refractivity contribution in [3.05, 3.63) is 80.5 Å². The zero-order valence-corrected chi connectivity index (χ0v) is 19.9. The Labute approximate surface area is 206 Å². The molecule has 0 aliphatic carbocycles. The van der Waals surface area contributed by atoms with Crippen molar-refractivity contribution in [3.63, 3.8) is 0 Å². The molecule has 194 valence electrons. The van der Waals surface area contributed by atoms with Crippen molar-refractivity contribution in [1.82, 2.24) is 14.3 Å². The first-order valence-electron chi connectivity index (χ1n) is 10.4. The molecule has 1 aromatic heterocycles. The Hall–Kier alpha value is -4.24. The van der Waals surface area contributed by atoms with E-state index >= 15 is 0 Å². The number of sulfonamides is 1. The number of carbonyl (C=O) groups is 2. The number of benzene rings is 2. The number of para-hydroxylation sites is 1. The fraction of sp³-hybridized carbons (Fsp3) is 0.182. The molecule has 0 saturated carbocycles. The quantitative estimate of drug-likeness (QED) is 0.386. The van der Waals surface area contributed by atoms with Crippen LogP contribution in [0, 0.1) is 6.92 Å².